The van der Waals surface area contributed by atoms with Gasteiger partial charge in [-0.2, -0.15) is 0 Å². The third-order valence-corrected chi connectivity index (χ3v) is 5.78. The van der Waals surface area contributed by atoms with Crippen LogP contribution in [0.3, 0.4) is 0 Å². The number of rotatable bonds is 10. The summed E-state index contributed by atoms with van der Waals surface area (Å²) in [7, 11) is 0. The Morgan fingerprint density at radius 1 is 1.03 bits per heavy atom. The van der Waals surface area contributed by atoms with Gasteiger partial charge in [0.2, 0.25) is 0 Å². The lowest BCUT2D eigenvalue weighted by molar-refractivity contribution is -0.139. The summed E-state index contributed by atoms with van der Waals surface area (Å²) in [5.74, 6) is 0.950. The Morgan fingerprint density at radius 2 is 1.77 bits per heavy atom. The number of ether oxygens (including phenoxy) is 2. The van der Waals surface area contributed by atoms with Gasteiger partial charge in [-0.15, -0.1) is 11.8 Å². The normalized spacial score (nSPS) is 11.2. The van der Waals surface area contributed by atoms with Crippen molar-refractivity contribution in [3.63, 3.8) is 0 Å². The van der Waals surface area contributed by atoms with Crippen molar-refractivity contribution in [2.45, 2.75) is 11.8 Å². The van der Waals surface area contributed by atoms with Crippen molar-refractivity contribution in [1.82, 2.24) is 0 Å². The Bertz CT molecular complexity index is 1050. The lowest BCUT2D eigenvalue weighted by Gasteiger charge is -2.14. The summed E-state index contributed by atoms with van der Waals surface area (Å²) in [6, 6.07) is 23.4. The second-order valence-corrected chi connectivity index (χ2v) is 7.97. The monoisotopic (exact) mass is 454 g/mol. The van der Waals surface area contributed by atoms with Gasteiger partial charge in [-0.3, -0.25) is 0 Å². The maximum absolute atomic E-state index is 10.7. The Hall–Kier alpha value is -2.89. The van der Waals surface area contributed by atoms with Crippen molar-refractivity contribution in [3.8, 4) is 11.5 Å². The van der Waals surface area contributed by atoms with Gasteiger partial charge in [0.05, 0.1) is 11.6 Å². The van der Waals surface area contributed by atoms with Crippen LogP contribution in [0.4, 0.5) is 0 Å². The second kappa shape index (κ2) is 11.5. The molecule has 0 fully saturated rings. The highest BCUT2D eigenvalue weighted by atomic mass is 35.5. The third kappa shape index (κ3) is 6.54. The highest BCUT2D eigenvalue weighted by Gasteiger charge is 2.11. The van der Waals surface area contributed by atoms with Crippen LogP contribution in [0.15, 0.2) is 83.8 Å². The predicted octanol–water partition coefficient (Wildman–Crippen LogP) is 6.43. The van der Waals surface area contributed by atoms with Crippen molar-refractivity contribution in [2.75, 3.05) is 19.0 Å². The van der Waals surface area contributed by atoms with E-state index in [1.165, 1.54) is 0 Å². The molecule has 3 rings (SSSR count). The zero-order valence-corrected chi connectivity index (χ0v) is 18.7. The Kier molecular flexibility index (Phi) is 8.44. The number of carbonyl (C=O) groups is 1. The molecule has 0 atom stereocenters. The van der Waals surface area contributed by atoms with E-state index < -0.39 is 12.6 Å². The number of benzene rings is 3. The second-order valence-electron chi connectivity index (χ2n) is 6.50. The summed E-state index contributed by atoms with van der Waals surface area (Å²) < 4.78 is 11.0. The summed E-state index contributed by atoms with van der Waals surface area (Å²) in [5.41, 5.74) is 3.24. The van der Waals surface area contributed by atoms with Crippen molar-refractivity contribution < 1.29 is 19.4 Å². The standard InChI is InChI=1S/C25H23ClO4S/c1-2-29-23-11-7-6-10-21(23)20(18-8-4-3-5-9-18)14-15-31-24-13-12-19(16-22(24)26)30-17-25(27)28/h3-14,16H,2,15,17H2,1H3,(H,27,28). The number of halogens is 1. The van der Waals surface area contributed by atoms with Crippen molar-refractivity contribution >= 4 is 34.9 Å². The van der Waals surface area contributed by atoms with E-state index in [0.29, 0.717) is 23.1 Å². The molecule has 4 nitrogen and oxygen atoms in total. The van der Waals surface area contributed by atoms with Gasteiger partial charge in [0.15, 0.2) is 6.61 Å². The molecule has 0 aromatic heterocycles. The van der Waals surface area contributed by atoms with Gasteiger partial charge in [0.25, 0.3) is 0 Å². The predicted molar refractivity (Wildman–Crippen MR) is 126 cm³/mol. The smallest absolute Gasteiger partial charge is 0.341 e. The van der Waals surface area contributed by atoms with E-state index in [2.05, 4.69) is 24.3 Å². The molecule has 3 aromatic rings. The van der Waals surface area contributed by atoms with Crippen molar-refractivity contribution in [2.24, 2.45) is 0 Å². The minimum absolute atomic E-state index is 0.398. The molecule has 0 amide bonds. The van der Waals surface area contributed by atoms with E-state index in [0.717, 1.165) is 27.3 Å². The zero-order chi connectivity index (χ0) is 22.1. The molecule has 0 radical (unpaired) electrons. The van der Waals surface area contributed by atoms with Gasteiger partial charge in [-0.05, 0) is 42.3 Å². The number of thioether (sulfide) groups is 1. The first-order valence-electron chi connectivity index (χ1n) is 9.83. The number of hydrogen-bond acceptors (Lipinski definition) is 4. The molecule has 0 saturated heterocycles. The molecule has 0 heterocycles. The van der Waals surface area contributed by atoms with Crippen LogP contribution in [0.1, 0.15) is 18.1 Å². The summed E-state index contributed by atoms with van der Waals surface area (Å²) in [4.78, 5) is 11.5. The largest absolute Gasteiger partial charge is 0.493 e. The fourth-order valence-electron chi connectivity index (χ4n) is 3.02. The Morgan fingerprint density at radius 3 is 2.48 bits per heavy atom. The lowest BCUT2D eigenvalue weighted by Crippen LogP contribution is -2.09. The van der Waals surface area contributed by atoms with Crippen LogP contribution in [0.2, 0.25) is 5.02 Å². The van der Waals surface area contributed by atoms with Gasteiger partial charge in [0.1, 0.15) is 11.5 Å². The molecule has 31 heavy (non-hydrogen) atoms. The maximum atomic E-state index is 10.7. The minimum atomic E-state index is -1.03. The number of para-hydroxylation sites is 1. The number of carboxylic acid groups (broad SMARTS) is 1. The topological polar surface area (TPSA) is 55.8 Å². The molecule has 0 unspecified atom stereocenters. The van der Waals surface area contributed by atoms with Crippen LogP contribution in [-0.2, 0) is 4.79 Å². The molecule has 0 saturated carbocycles. The van der Waals surface area contributed by atoms with E-state index in [1.807, 2.05) is 49.4 Å². The first-order valence-corrected chi connectivity index (χ1v) is 11.2. The molecule has 0 aliphatic carbocycles. The van der Waals surface area contributed by atoms with Gasteiger partial charge in [0, 0.05) is 16.2 Å². The van der Waals surface area contributed by atoms with E-state index in [4.69, 9.17) is 26.2 Å². The van der Waals surface area contributed by atoms with Crippen LogP contribution in [0.5, 0.6) is 11.5 Å². The highest BCUT2D eigenvalue weighted by molar-refractivity contribution is 7.99. The van der Waals surface area contributed by atoms with Crippen molar-refractivity contribution in [1.29, 1.82) is 0 Å². The van der Waals surface area contributed by atoms with Crippen LogP contribution in [0, 0.1) is 0 Å². The SMILES string of the molecule is CCOc1ccccc1C(=CCSc1ccc(OCC(=O)O)cc1Cl)c1ccccc1. The number of aliphatic carboxylic acids is 1. The summed E-state index contributed by atoms with van der Waals surface area (Å²) in [6.45, 7) is 2.18. The third-order valence-electron chi connectivity index (χ3n) is 4.35. The average molecular weight is 455 g/mol. The zero-order valence-electron chi connectivity index (χ0n) is 17.1. The summed E-state index contributed by atoms with van der Waals surface area (Å²) in [6.07, 6.45) is 2.17. The quantitative estimate of drug-likeness (QED) is 0.358. The van der Waals surface area contributed by atoms with Gasteiger partial charge in [-0.1, -0.05) is 66.2 Å². The first kappa shape index (κ1) is 22.8. The minimum Gasteiger partial charge on any atom is -0.493 e. The molecule has 0 aliphatic heterocycles. The molecule has 1 N–H and O–H groups in total. The lowest BCUT2D eigenvalue weighted by atomic mass is 9.97. The molecule has 0 bridgehead atoms. The molecule has 0 spiro atoms. The van der Waals surface area contributed by atoms with Crippen LogP contribution >= 0.6 is 23.4 Å². The molecule has 3 aromatic carbocycles. The van der Waals surface area contributed by atoms with Gasteiger partial charge >= 0.3 is 5.97 Å². The van der Waals surface area contributed by atoms with Crippen LogP contribution < -0.4 is 9.47 Å². The number of hydrogen-bond donors (Lipinski definition) is 1. The molecule has 6 heteroatoms. The van der Waals surface area contributed by atoms with E-state index in [1.54, 1.807) is 23.9 Å². The van der Waals surface area contributed by atoms with E-state index in [9.17, 15) is 4.79 Å². The maximum Gasteiger partial charge on any atom is 0.341 e. The summed E-state index contributed by atoms with van der Waals surface area (Å²) in [5, 5.41) is 9.26. The van der Waals surface area contributed by atoms with Crippen LogP contribution in [-0.4, -0.2) is 30.0 Å². The Labute approximate surface area is 191 Å². The fraction of sp³-hybridized carbons (Fsp3) is 0.160. The van der Waals surface area contributed by atoms with Crippen LogP contribution in [0.25, 0.3) is 5.57 Å². The van der Waals surface area contributed by atoms with E-state index >= 15 is 0 Å². The van der Waals surface area contributed by atoms with E-state index in [-0.39, 0.29) is 0 Å². The molecular weight excluding hydrogens is 432 g/mol. The fourth-order valence-corrected chi connectivity index (χ4v) is 4.14. The van der Waals surface area contributed by atoms with Gasteiger partial charge < -0.3 is 14.6 Å². The molecule has 0 aliphatic rings. The van der Waals surface area contributed by atoms with Gasteiger partial charge in [-0.25, -0.2) is 4.79 Å². The highest BCUT2D eigenvalue weighted by Crippen LogP contribution is 2.34. The molecular formula is C25H23ClO4S. The summed E-state index contributed by atoms with van der Waals surface area (Å²) >= 11 is 7.97. The first-order chi connectivity index (χ1) is 15.1. The average Bonchev–Trinajstić information content (AvgIpc) is 2.78. The number of carboxylic acids is 1. The Balaban J connectivity index is 1.82. The molecule has 160 valence electrons. The van der Waals surface area contributed by atoms with Crippen molar-refractivity contribution in [3.05, 3.63) is 95.0 Å².